The number of hydrogen-bond donors (Lipinski definition) is 1. The molecule has 2 heterocycles. The summed E-state index contributed by atoms with van der Waals surface area (Å²) in [4.78, 5) is 21.6. The lowest BCUT2D eigenvalue weighted by Crippen LogP contribution is -2.15. The molecule has 0 saturated heterocycles. The molecule has 0 bridgehead atoms. The Bertz CT molecular complexity index is 1170. The topological polar surface area (TPSA) is 63.1 Å². The molecule has 4 aromatic rings. The predicted octanol–water partition coefficient (Wildman–Crippen LogP) is 3.41. The normalized spacial score (nSPS) is 11.6. The van der Waals surface area contributed by atoms with Crippen LogP contribution >= 0.6 is 0 Å². The zero-order valence-electron chi connectivity index (χ0n) is 16.4. The first-order chi connectivity index (χ1) is 13.5. The average molecular weight is 376 g/mol. The highest BCUT2D eigenvalue weighted by Gasteiger charge is 2.09. The molecule has 2 aromatic heterocycles. The number of aromatic amines is 1. The van der Waals surface area contributed by atoms with E-state index in [0.717, 1.165) is 51.8 Å². The summed E-state index contributed by atoms with van der Waals surface area (Å²) in [5.41, 5.74) is 4.52. The Kier molecular flexibility index (Phi) is 4.88. The van der Waals surface area contributed by atoms with E-state index in [2.05, 4.69) is 53.2 Å². The van der Waals surface area contributed by atoms with Gasteiger partial charge in [-0.1, -0.05) is 18.2 Å². The van der Waals surface area contributed by atoms with Crippen molar-refractivity contribution in [3.8, 4) is 16.9 Å². The van der Waals surface area contributed by atoms with Crippen LogP contribution in [0.2, 0.25) is 0 Å². The van der Waals surface area contributed by atoms with Gasteiger partial charge in [0, 0.05) is 19.0 Å². The average Bonchev–Trinajstić information content (AvgIpc) is 3.00. The summed E-state index contributed by atoms with van der Waals surface area (Å²) in [5.74, 6) is 0.875. The molecule has 4 rings (SSSR count). The maximum absolute atomic E-state index is 12.0. The molecule has 0 spiro atoms. The lowest BCUT2D eigenvalue weighted by Gasteiger charge is -2.11. The highest BCUT2D eigenvalue weighted by Crippen LogP contribution is 2.28. The van der Waals surface area contributed by atoms with Gasteiger partial charge in [-0.3, -0.25) is 9.55 Å². The Morgan fingerprint density at radius 1 is 1.11 bits per heavy atom. The number of fused-ring (bicyclic) bond motifs is 3. The minimum Gasteiger partial charge on any atom is -0.494 e. The number of pyridine rings is 1. The van der Waals surface area contributed by atoms with E-state index in [-0.39, 0.29) is 5.69 Å². The highest BCUT2D eigenvalue weighted by atomic mass is 16.5. The lowest BCUT2D eigenvalue weighted by atomic mass is 10.0. The second-order valence-corrected chi connectivity index (χ2v) is 7.27. The van der Waals surface area contributed by atoms with E-state index in [1.807, 2.05) is 18.2 Å². The van der Waals surface area contributed by atoms with E-state index in [1.165, 1.54) is 0 Å². The van der Waals surface area contributed by atoms with Gasteiger partial charge in [0.15, 0.2) is 0 Å². The molecule has 0 radical (unpaired) electrons. The van der Waals surface area contributed by atoms with Crippen LogP contribution < -0.4 is 10.4 Å². The number of ether oxygens (including phenoxy) is 1. The Hall–Kier alpha value is -3.12. The van der Waals surface area contributed by atoms with Gasteiger partial charge in [0.1, 0.15) is 5.75 Å². The summed E-state index contributed by atoms with van der Waals surface area (Å²) < 4.78 is 7.39. The number of aromatic nitrogens is 3. The van der Waals surface area contributed by atoms with Crippen LogP contribution in [0.4, 0.5) is 0 Å². The van der Waals surface area contributed by atoms with Crippen molar-refractivity contribution in [3.05, 3.63) is 59.1 Å². The minimum atomic E-state index is -0.134. The molecule has 0 amide bonds. The number of aryl methyl sites for hydroxylation is 1. The van der Waals surface area contributed by atoms with Crippen LogP contribution in [-0.4, -0.2) is 46.7 Å². The third-order valence-electron chi connectivity index (χ3n) is 4.95. The number of H-pyrrole nitrogens is 1. The van der Waals surface area contributed by atoms with Crippen LogP contribution in [0.1, 0.15) is 6.42 Å². The van der Waals surface area contributed by atoms with Crippen LogP contribution in [0.25, 0.3) is 33.1 Å². The maximum Gasteiger partial charge on any atom is 0.326 e. The number of rotatable bonds is 6. The van der Waals surface area contributed by atoms with E-state index in [0.29, 0.717) is 6.61 Å². The van der Waals surface area contributed by atoms with Crippen LogP contribution in [0.15, 0.2) is 53.5 Å². The molecule has 0 saturated carbocycles. The molecule has 2 aromatic carbocycles. The molecule has 0 aliphatic heterocycles. The summed E-state index contributed by atoms with van der Waals surface area (Å²) in [7, 11) is 5.87. The molecule has 0 aliphatic rings. The molecule has 6 nitrogen and oxygen atoms in total. The van der Waals surface area contributed by atoms with E-state index in [1.54, 1.807) is 17.8 Å². The van der Waals surface area contributed by atoms with Gasteiger partial charge in [-0.2, -0.15) is 0 Å². The number of nitrogens with zero attached hydrogens (tertiary/aromatic N) is 3. The smallest absolute Gasteiger partial charge is 0.326 e. The monoisotopic (exact) mass is 376 g/mol. The molecule has 28 heavy (non-hydrogen) atoms. The molecule has 6 heteroatoms. The predicted molar refractivity (Wildman–Crippen MR) is 113 cm³/mol. The second kappa shape index (κ2) is 7.48. The molecule has 0 fully saturated rings. The van der Waals surface area contributed by atoms with Crippen LogP contribution in [0.3, 0.4) is 0 Å². The maximum atomic E-state index is 12.0. The molecular weight excluding hydrogens is 352 g/mol. The quantitative estimate of drug-likeness (QED) is 0.524. The summed E-state index contributed by atoms with van der Waals surface area (Å²) in [6.07, 6.45) is 2.73. The van der Waals surface area contributed by atoms with Crippen LogP contribution in [-0.2, 0) is 7.05 Å². The lowest BCUT2D eigenvalue weighted by molar-refractivity contribution is 0.281. The number of benzene rings is 2. The molecule has 0 atom stereocenters. The van der Waals surface area contributed by atoms with E-state index in [4.69, 9.17) is 4.74 Å². The summed E-state index contributed by atoms with van der Waals surface area (Å²) in [6.45, 7) is 1.72. The molecule has 144 valence electrons. The van der Waals surface area contributed by atoms with Crippen LogP contribution in [0.5, 0.6) is 5.75 Å². The fourth-order valence-electron chi connectivity index (χ4n) is 3.36. The van der Waals surface area contributed by atoms with Gasteiger partial charge in [-0.25, -0.2) is 4.79 Å². The SMILES string of the molecule is CN(C)CCCOc1ccc(-c2ccc3ncc4c([nH]c(=O)n4C)c3c2)cc1. The summed E-state index contributed by atoms with van der Waals surface area (Å²) >= 11 is 0. The largest absolute Gasteiger partial charge is 0.494 e. The molecular formula is C22H24N4O2. The van der Waals surface area contributed by atoms with E-state index < -0.39 is 0 Å². The Labute approximate surface area is 163 Å². The van der Waals surface area contributed by atoms with Gasteiger partial charge in [-0.05, 0) is 55.9 Å². The third-order valence-corrected chi connectivity index (χ3v) is 4.95. The number of hydrogen-bond acceptors (Lipinski definition) is 4. The second-order valence-electron chi connectivity index (χ2n) is 7.27. The standard InChI is InChI=1S/C22H24N4O2/c1-25(2)11-4-12-28-17-8-5-15(6-9-17)16-7-10-19-18(13-16)21-20(14-23-19)26(3)22(27)24-21/h5-10,13-14H,4,11-12H2,1-3H3,(H,24,27). The van der Waals surface area contributed by atoms with Crippen molar-refractivity contribution in [1.82, 2.24) is 19.4 Å². The minimum absolute atomic E-state index is 0.134. The van der Waals surface area contributed by atoms with Crippen molar-refractivity contribution in [2.75, 3.05) is 27.2 Å². The van der Waals surface area contributed by atoms with Gasteiger partial charge in [0.25, 0.3) is 0 Å². The van der Waals surface area contributed by atoms with E-state index >= 15 is 0 Å². The summed E-state index contributed by atoms with van der Waals surface area (Å²) in [5, 5.41) is 0.941. The zero-order chi connectivity index (χ0) is 19.7. The van der Waals surface area contributed by atoms with Gasteiger partial charge in [0.05, 0.1) is 29.4 Å². The molecule has 0 unspecified atom stereocenters. The van der Waals surface area contributed by atoms with Crippen molar-refractivity contribution in [3.63, 3.8) is 0 Å². The highest BCUT2D eigenvalue weighted by molar-refractivity contribution is 6.03. The van der Waals surface area contributed by atoms with Crippen LogP contribution in [0, 0.1) is 0 Å². The van der Waals surface area contributed by atoms with Gasteiger partial charge >= 0.3 is 5.69 Å². The first kappa shape index (κ1) is 18.3. The van der Waals surface area contributed by atoms with Crippen molar-refractivity contribution < 1.29 is 4.74 Å². The van der Waals surface area contributed by atoms with E-state index in [9.17, 15) is 4.79 Å². The van der Waals surface area contributed by atoms with Crippen molar-refractivity contribution >= 4 is 21.9 Å². The zero-order valence-corrected chi connectivity index (χ0v) is 16.4. The number of imidazole rings is 1. The van der Waals surface area contributed by atoms with Gasteiger partial charge in [0.2, 0.25) is 0 Å². The molecule has 1 N–H and O–H groups in total. The fraction of sp³-hybridized carbons (Fsp3) is 0.273. The number of nitrogens with one attached hydrogen (secondary N) is 1. The van der Waals surface area contributed by atoms with Gasteiger partial charge < -0.3 is 14.6 Å². The first-order valence-electron chi connectivity index (χ1n) is 9.38. The Morgan fingerprint density at radius 3 is 2.61 bits per heavy atom. The Balaban J connectivity index is 1.61. The first-order valence-corrected chi connectivity index (χ1v) is 9.38. The molecule has 0 aliphatic carbocycles. The summed E-state index contributed by atoms with van der Waals surface area (Å²) in [6, 6.07) is 14.2. The Morgan fingerprint density at radius 2 is 1.86 bits per heavy atom. The van der Waals surface area contributed by atoms with Crippen molar-refractivity contribution in [2.45, 2.75) is 6.42 Å². The van der Waals surface area contributed by atoms with Crippen molar-refractivity contribution in [2.24, 2.45) is 7.05 Å². The van der Waals surface area contributed by atoms with Gasteiger partial charge in [-0.15, -0.1) is 0 Å². The van der Waals surface area contributed by atoms with Crippen molar-refractivity contribution in [1.29, 1.82) is 0 Å². The third kappa shape index (κ3) is 3.51. The fourth-order valence-corrected chi connectivity index (χ4v) is 3.36.